The van der Waals surface area contributed by atoms with Crippen LogP contribution in [0.5, 0.6) is 0 Å². The largest absolute Gasteiger partial charge is 0.389 e. The molecule has 0 spiro atoms. The predicted octanol–water partition coefficient (Wildman–Crippen LogP) is 6.74. The van der Waals surface area contributed by atoms with E-state index in [9.17, 15) is 0 Å². The van der Waals surface area contributed by atoms with Gasteiger partial charge in [-0.25, -0.2) is 0 Å². The molecular formula is C21H37N. The third-order valence-electron chi connectivity index (χ3n) is 2.30. The number of allylic oxidation sites excluding steroid dienone is 8. The lowest BCUT2D eigenvalue weighted by atomic mass is 10.1. The maximum Gasteiger partial charge on any atom is 0.0141 e. The molecule has 0 bridgehead atoms. The van der Waals surface area contributed by atoms with Crippen molar-refractivity contribution in [1.29, 1.82) is 0 Å². The molecule has 0 aliphatic heterocycles. The van der Waals surface area contributed by atoms with Crippen LogP contribution in [0.1, 0.15) is 53.9 Å². The molecule has 0 saturated carbocycles. The summed E-state index contributed by atoms with van der Waals surface area (Å²) in [5, 5.41) is 3.10. The van der Waals surface area contributed by atoms with E-state index in [1.54, 1.807) is 12.2 Å². The Labute approximate surface area is 139 Å². The molecule has 1 nitrogen and oxygen atoms in total. The Kier molecular flexibility index (Phi) is 24.7. The van der Waals surface area contributed by atoms with Gasteiger partial charge >= 0.3 is 0 Å². The Morgan fingerprint density at radius 2 is 1.50 bits per heavy atom. The average Bonchev–Trinajstić information content (AvgIpc) is 2.47. The summed E-state index contributed by atoms with van der Waals surface area (Å²) in [6.45, 7) is 25.7. The fourth-order valence-electron chi connectivity index (χ4n) is 1.11. The van der Waals surface area contributed by atoms with E-state index in [4.69, 9.17) is 0 Å². The van der Waals surface area contributed by atoms with Gasteiger partial charge in [0.15, 0.2) is 0 Å². The maximum atomic E-state index is 3.68. The van der Waals surface area contributed by atoms with Crippen molar-refractivity contribution in [3.05, 3.63) is 73.5 Å². The van der Waals surface area contributed by atoms with Gasteiger partial charge in [0.1, 0.15) is 0 Å². The second-order valence-electron chi connectivity index (χ2n) is 5.14. The van der Waals surface area contributed by atoms with E-state index in [0.29, 0.717) is 0 Å². The molecule has 0 heterocycles. The Morgan fingerprint density at radius 1 is 0.955 bits per heavy atom. The maximum absolute atomic E-state index is 3.68. The molecule has 0 saturated heterocycles. The molecule has 1 heteroatoms. The van der Waals surface area contributed by atoms with E-state index in [2.05, 4.69) is 58.5 Å². The van der Waals surface area contributed by atoms with Gasteiger partial charge in [0.2, 0.25) is 0 Å². The highest BCUT2D eigenvalue weighted by Gasteiger charge is 1.81. The quantitative estimate of drug-likeness (QED) is 0.489. The number of hydrogen-bond donors (Lipinski definition) is 1. The summed E-state index contributed by atoms with van der Waals surface area (Å²) in [5.74, 6) is 0. The fraction of sp³-hybridized carbons (Fsp3) is 0.429. The lowest BCUT2D eigenvalue weighted by Gasteiger charge is -1.98. The van der Waals surface area contributed by atoms with Crippen LogP contribution in [-0.4, -0.2) is 6.54 Å². The molecule has 0 amide bonds. The molecule has 22 heavy (non-hydrogen) atoms. The minimum Gasteiger partial charge on any atom is -0.389 e. The van der Waals surface area contributed by atoms with Crippen molar-refractivity contribution in [3.8, 4) is 0 Å². The van der Waals surface area contributed by atoms with Crippen LogP contribution in [0.4, 0.5) is 0 Å². The molecule has 126 valence electrons. The molecule has 0 aromatic rings. The van der Waals surface area contributed by atoms with Crippen LogP contribution < -0.4 is 5.32 Å². The van der Waals surface area contributed by atoms with Crippen molar-refractivity contribution in [2.75, 3.05) is 6.54 Å². The van der Waals surface area contributed by atoms with E-state index >= 15 is 0 Å². The zero-order chi connectivity index (χ0) is 17.8. The molecule has 0 atom stereocenters. The smallest absolute Gasteiger partial charge is 0.0141 e. The van der Waals surface area contributed by atoms with Gasteiger partial charge in [0.25, 0.3) is 0 Å². The van der Waals surface area contributed by atoms with Crippen LogP contribution in [-0.2, 0) is 0 Å². The van der Waals surface area contributed by atoms with Crippen LogP contribution in [0, 0.1) is 0 Å². The van der Waals surface area contributed by atoms with E-state index in [1.807, 2.05) is 26.0 Å². The van der Waals surface area contributed by atoms with Crippen LogP contribution in [0.25, 0.3) is 0 Å². The van der Waals surface area contributed by atoms with Crippen molar-refractivity contribution in [2.24, 2.45) is 0 Å². The lowest BCUT2D eigenvalue weighted by molar-refractivity contribution is 0.772. The van der Waals surface area contributed by atoms with Gasteiger partial charge in [0.05, 0.1) is 0 Å². The van der Waals surface area contributed by atoms with Gasteiger partial charge in [-0.3, -0.25) is 0 Å². The van der Waals surface area contributed by atoms with Gasteiger partial charge in [0, 0.05) is 12.2 Å². The lowest BCUT2D eigenvalue weighted by Crippen LogP contribution is -2.09. The summed E-state index contributed by atoms with van der Waals surface area (Å²) in [5.41, 5.74) is 3.51. The number of nitrogens with one attached hydrogen (secondary N) is 1. The first kappa shape index (κ1) is 25.2. The minimum absolute atomic E-state index is 1.02. The molecule has 0 aliphatic rings. The Bertz CT molecular complexity index is 356. The monoisotopic (exact) mass is 303 g/mol. The van der Waals surface area contributed by atoms with Crippen LogP contribution in [0.15, 0.2) is 73.5 Å². The second kappa shape index (κ2) is 21.5. The minimum atomic E-state index is 1.02. The Balaban J connectivity index is -0.000000263. The first-order chi connectivity index (χ1) is 10.3. The van der Waals surface area contributed by atoms with Crippen molar-refractivity contribution in [3.63, 3.8) is 0 Å². The Hall–Kier alpha value is -1.76. The van der Waals surface area contributed by atoms with Gasteiger partial charge in [-0.2, -0.15) is 0 Å². The van der Waals surface area contributed by atoms with Crippen LogP contribution in [0.3, 0.4) is 0 Å². The fourth-order valence-corrected chi connectivity index (χ4v) is 1.11. The molecule has 0 unspecified atom stereocenters. The van der Waals surface area contributed by atoms with E-state index in [0.717, 1.165) is 17.8 Å². The molecule has 0 fully saturated rings. The van der Waals surface area contributed by atoms with Crippen molar-refractivity contribution in [2.45, 2.75) is 53.9 Å². The van der Waals surface area contributed by atoms with Gasteiger partial charge in [-0.05, 0) is 33.6 Å². The summed E-state index contributed by atoms with van der Waals surface area (Å²) in [6.07, 6.45) is 13.2. The SMILES string of the molecule is C=C(C)NCCC.C=C/C=C\C=C(/C)CCC.C=CC(=C)C. The zero-order valence-electron chi connectivity index (χ0n) is 15.5. The molecule has 0 rings (SSSR count). The summed E-state index contributed by atoms with van der Waals surface area (Å²) in [4.78, 5) is 0. The topological polar surface area (TPSA) is 12.0 Å². The molecule has 0 aromatic heterocycles. The van der Waals surface area contributed by atoms with Crippen LogP contribution >= 0.6 is 0 Å². The summed E-state index contributed by atoms with van der Waals surface area (Å²) in [6, 6.07) is 0. The third-order valence-corrected chi connectivity index (χ3v) is 2.30. The van der Waals surface area contributed by atoms with E-state index in [-0.39, 0.29) is 0 Å². The first-order valence-electron chi connectivity index (χ1n) is 7.97. The molecule has 0 aliphatic carbocycles. The van der Waals surface area contributed by atoms with Crippen molar-refractivity contribution in [1.82, 2.24) is 5.32 Å². The standard InChI is InChI=1S/C10H16.C6H13N.C5H8/c1-4-6-7-9-10(3)8-5-2;1-4-5-7-6(2)3;1-4-5(2)3/h4,6-7,9H,1,5,8H2,2-3H3;7H,2,4-5H2,1,3H3;4H,1-2H2,3H3/b7-6-,10-9+;;. The highest BCUT2D eigenvalue weighted by Crippen LogP contribution is 2.02. The summed E-state index contributed by atoms with van der Waals surface area (Å²) < 4.78 is 0. The molecule has 0 radical (unpaired) electrons. The van der Waals surface area contributed by atoms with Gasteiger partial charge in [-0.1, -0.05) is 88.1 Å². The molecule has 0 aromatic carbocycles. The highest BCUT2D eigenvalue weighted by atomic mass is 14.9. The van der Waals surface area contributed by atoms with Crippen molar-refractivity contribution >= 4 is 0 Å². The third kappa shape index (κ3) is 36.2. The predicted molar refractivity (Wildman–Crippen MR) is 106 cm³/mol. The summed E-state index contributed by atoms with van der Waals surface area (Å²) >= 11 is 0. The van der Waals surface area contributed by atoms with E-state index in [1.165, 1.54) is 24.8 Å². The number of rotatable bonds is 8. The zero-order valence-corrected chi connectivity index (χ0v) is 15.5. The van der Waals surface area contributed by atoms with E-state index < -0.39 is 0 Å². The van der Waals surface area contributed by atoms with Crippen LogP contribution in [0.2, 0.25) is 0 Å². The average molecular weight is 304 g/mol. The second-order valence-corrected chi connectivity index (χ2v) is 5.14. The van der Waals surface area contributed by atoms with Gasteiger partial charge < -0.3 is 5.32 Å². The van der Waals surface area contributed by atoms with Gasteiger partial charge in [-0.15, -0.1) is 0 Å². The molecule has 1 N–H and O–H groups in total. The van der Waals surface area contributed by atoms with Crippen molar-refractivity contribution < 1.29 is 0 Å². The normalized spacial score (nSPS) is 9.77. The Morgan fingerprint density at radius 3 is 1.77 bits per heavy atom. The highest BCUT2D eigenvalue weighted by molar-refractivity contribution is 5.13. The first-order valence-corrected chi connectivity index (χ1v) is 7.97. The summed E-state index contributed by atoms with van der Waals surface area (Å²) in [7, 11) is 0. The molecular weight excluding hydrogens is 266 g/mol. The number of hydrogen-bond acceptors (Lipinski definition) is 1.